The first-order valence-corrected chi connectivity index (χ1v) is 7.74. The van der Waals surface area contributed by atoms with Gasteiger partial charge < -0.3 is 15.6 Å². The van der Waals surface area contributed by atoms with Gasteiger partial charge in [0.25, 0.3) is 0 Å². The van der Waals surface area contributed by atoms with Crippen molar-refractivity contribution in [2.45, 2.75) is 59.0 Å². The van der Waals surface area contributed by atoms with Crippen LogP contribution in [0.15, 0.2) is 0 Å². The Morgan fingerprint density at radius 1 is 1.26 bits per heavy atom. The van der Waals surface area contributed by atoms with Gasteiger partial charge in [-0.15, -0.1) is 0 Å². The first kappa shape index (κ1) is 16.9. The van der Waals surface area contributed by atoms with Crippen LogP contribution in [0, 0.1) is 23.2 Å². The summed E-state index contributed by atoms with van der Waals surface area (Å²) in [5.74, 6) is 1.66. The van der Waals surface area contributed by atoms with Gasteiger partial charge in [-0.05, 0) is 43.4 Å². The van der Waals surface area contributed by atoms with E-state index in [-0.39, 0.29) is 11.3 Å². The molecular formula is C16H33NO2. The minimum atomic E-state index is -0.807. The van der Waals surface area contributed by atoms with Crippen molar-refractivity contribution in [2.75, 3.05) is 20.3 Å². The van der Waals surface area contributed by atoms with Crippen LogP contribution in [0.5, 0.6) is 0 Å². The molecule has 19 heavy (non-hydrogen) atoms. The molecule has 1 aliphatic carbocycles. The molecule has 1 aliphatic rings. The number of methoxy groups -OCH3 is 1. The molecule has 1 saturated carbocycles. The molecule has 0 aromatic rings. The topological polar surface area (TPSA) is 55.5 Å². The van der Waals surface area contributed by atoms with Crippen molar-refractivity contribution in [3.63, 3.8) is 0 Å². The summed E-state index contributed by atoms with van der Waals surface area (Å²) >= 11 is 0. The minimum absolute atomic E-state index is 0.159. The molecule has 0 heterocycles. The molecule has 0 bridgehead atoms. The van der Waals surface area contributed by atoms with Crippen LogP contribution in [-0.2, 0) is 4.74 Å². The number of nitrogens with two attached hydrogens (primary N) is 1. The van der Waals surface area contributed by atoms with Gasteiger partial charge in [0.1, 0.15) is 0 Å². The van der Waals surface area contributed by atoms with Crippen LogP contribution in [0.1, 0.15) is 53.4 Å². The third-order valence-electron chi connectivity index (χ3n) is 5.56. The lowest BCUT2D eigenvalue weighted by Crippen LogP contribution is -2.60. The molecule has 1 unspecified atom stereocenters. The van der Waals surface area contributed by atoms with Crippen molar-refractivity contribution in [1.82, 2.24) is 0 Å². The highest BCUT2D eigenvalue weighted by molar-refractivity contribution is 5.03. The number of hydrogen-bond donors (Lipinski definition) is 2. The molecule has 0 saturated heterocycles. The maximum Gasteiger partial charge on any atom is 0.0970 e. The molecule has 1 rings (SSSR count). The number of hydrogen-bond acceptors (Lipinski definition) is 3. The zero-order chi connectivity index (χ0) is 14.7. The summed E-state index contributed by atoms with van der Waals surface area (Å²) in [5, 5.41) is 11.2. The van der Waals surface area contributed by atoms with Crippen LogP contribution < -0.4 is 5.73 Å². The second-order valence-electron chi connectivity index (χ2n) is 7.08. The van der Waals surface area contributed by atoms with E-state index in [2.05, 4.69) is 27.7 Å². The van der Waals surface area contributed by atoms with Gasteiger partial charge in [0.05, 0.1) is 12.2 Å². The van der Waals surface area contributed by atoms with E-state index in [9.17, 15) is 5.11 Å². The summed E-state index contributed by atoms with van der Waals surface area (Å²) in [6.45, 7) is 9.67. The normalized spacial score (nSPS) is 31.7. The van der Waals surface area contributed by atoms with E-state index in [0.29, 0.717) is 13.2 Å². The Labute approximate surface area is 118 Å². The van der Waals surface area contributed by atoms with Crippen LogP contribution in [0.3, 0.4) is 0 Å². The Bertz CT molecular complexity index is 270. The Hall–Kier alpha value is -0.120. The molecule has 114 valence electrons. The van der Waals surface area contributed by atoms with E-state index >= 15 is 0 Å². The van der Waals surface area contributed by atoms with E-state index in [0.717, 1.165) is 24.7 Å². The lowest BCUT2D eigenvalue weighted by Gasteiger charge is -2.52. The number of aliphatic hydroxyl groups is 1. The summed E-state index contributed by atoms with van der Waals surface area (Å²) in [4.78, 5) is 0. The highest BCUT2D eigenvalue weighted by atomic mass is 16.5. The Morgan fingerprint density at radius 3 is 2.11 bits per heavy atom. The molecule has 1 fully saturated rings. The fourth-order valence-electron chi connectivity index (χ4n) is 3.83. The SMILES string of the molecule is COCC(O)(C(C)C)C1(CN)CCC(C(C)C)CC1. The maximum atomic E-state index is 11.2. The summed E-state index contributed by atoms with van der Waals surface area (Å²) in [6, 6.07) is 0. The smallest absolute Gasteiger partial charge is 0.0970 e. The third kappa shape index (κ3) is 3.14. The predicted molar refractivity (Wildman–Crippen MR) is 79.9 cm³/mol. The molecule has 0 amide bonds. The monoisotopic (exact) mass is 271 g/mol. The van der Waals surface area contributed by atoms with Crippen molar-refractivity contribution in [3.8, 4) is 0 Å². The van der Waals surface area contributed by atoms with Gasteiger partial charge in [-0.3, -0.25) is 0 Å². The minimum Gasteiger partial charge on any atom is -0.387 e. The Kier molecular flexibility index (Phi) is 5.84. The molecule has 3 nitrogen and oxygen atoms in total. The van der Waals surface area contributed by atoms with Crippen LogP contribution >= 0.6 is 0 Å². The number of ether oxygens (including phenoxy) is 1. The maximum absolute atomic E-state index is 11.2. The van der Waals surface area contributed by atoms with E-state index in [1.54, 1.807) is 7.11 Å². The summed E-state index contributed by atoms with van der Waals surface area (Å²) < 4.78 is 5.32. The summed E-state index contributed by atoms with van der Waals surface area (Å²) in [5.41, 5.74) is 5.11. The van der Waals surface area contributed by atoms with Gasteiger partial charge in [-0.2, -0.15) is 0 Å². The van der Waals surface area contributed by atoms with Crippen molar-refractivity contribution in [1.29, 1.82) is 0 Å². The number of rotatable bonds is 6. The quantitative estimate of drug-likeness (QED) is 0.781. The zero-order valence-electron chi connectivity index (χ0n) is 13.4. The van der Waals surface area contributed by atoms with Crippen molar-refractivity contribution in [2.24, 2.45) is 28.9 Å². The van der Waals surface area contributed by atoms with Gasteiger partial charge >= 0.3 is 0 Å². The molecule has 0 aromatic carbocycles. The first-order chi connectivity index (χ1) is 8.83. The lowest BCUT2D eigenvalue weighted by molar-refractivity contribution is -0.167. The van der Waals surface area contributed by atoms with Crippen molar-refractivity contribution in [3.05, 3.63) is 0 Å². The van der Waals surface area contributed by atoms with Gasteiger partial charge in [-0.25, -0.2) is 0 Å². The lowest BCUT2D eigenvalue weighted by atomic mass is 9.57. The zero-order valence-corrected chi connectivity index (χ0v) is 13.4. The second-order valence-corrected chi connectivity index (χ2v) is 7.08. The van der Waals surface area contributed by atoms with E-state index in [1.165, 1.54) is 12.8 Å². The van der Waals surface area contributed by atoms with Crippen molar-refractivity contribution >= 4 is 0 Å². The Balaban J connectivity index is 2.92. The highest BCUT2D eigenvalue weighted by Crippen LogP contribution is 2.50. The standard InChI is InChI=1S/C16H33NO2/c1-12(2)14-6-8-15(10-17,9-7-14)16(18,11-19-5)13(3)4/h12-14,18H,6-11,17H2,1-5H3. The molecule has 1 atom stereocenters. The molecule has 3 heteroatoms. The van der Waals surface area contributed by atoms with E-state index < -0.39 is 5.60 Å². The molecule has 0 radical (unpaired) electrons. The molecule has 0 spiro atoms. The average molecular weight is 271 g/mol. The fourth-order valence-corrected chi connectivity index (χ4v) is 3.83. The Morgan fingerprint density at radius 2 is 1.79 bits per heavy atom. The first-order valence-electron chi connectivity index (χ1n) is 7.74. The van der Waals surface area contributed by atoms with Crippen molar-refractivity contribution < 1.29 is 9.84 Å². The van der Waals surface area contributed by atoms with E-state index in [1.807, 2.05) is 0 Å². The largest absolute Gasteiger partial charge is 0.387 e. The fraction of sp³-hybridized carbons (Fsp3) is 1.00. The molecular weight excluding hydrogens is 238 g/mol. The van der Waals surface area contributed by atoms with Crippen LogP contribution in [0.25, 0.3) is 0 Å². The second kappa shape index (κ2) is 6.55. The molecule has 3 N–H and O–H groups in total. The molecule has 0 aromatic heterocycles. The van der Waals surface area contributed by atoms with Gasteiger partial charge in [0, 0.05) is 19.1 Å². The summed E-state index contributed by atoms with van der Waals surface area (Å²) in [6.07, 6.45) is 4.38. The third-order valence-corrected chi connectivity index (χ3v) is 5.56. The van der Waals surface area contributed by atoms with E-state index in [4.69, 9.17) is 10.5 Å². The predicted octanol–water partition coefficient (Wildman–Crippen LogP) is 2.81. The van der Waals surface area contributed by atoms with Gasteiger partial charge in [0.2, 0.25) is 0 Å². The van der Waals surface area contributed by atoms with Gasteiger partial charge in [0.15, 0.2) is 0 Å². The average Bonchev–Trinajstić information content (AvgIpc) is 2.38. The highest BCUT2D eigenvalue weighted by Gasteiger charge is 2.52. The summed E-state index contributed by atoms with van der Waals surface area (Å²) in [7, 11) is 1.66. The molecule has 0 aliphatic heterocycles. The van der Waals surface area contributed by atoms with Gasteiger partial charge in [-0.1, -0.05) is 27.7 Å². The van der Waals surface area contributed by atoms with Crippen LogP contribution in [0.4, 0.5) is 0 Å². The van der Waals surface area contributed by atoms with Crippen LogP contribution in [-0.4, -0.2) is 31.0 Å². The van der Waals surface area contributed by atoms with Crippen LogP contribution in [0.2, 0.25) is 0 Å².